The number of hydrogen-bond donors (Lipinski definition) is 1. The molecule has 4 nitrogen and oxygen atoms in total. The van der Waals surface area contributed by atoms with Crippen LogP contribution in [0.3, 0.4) is 0 Å². The zero-order valence-corrected chi connectivity index (χ0v) is 12.7. The van der Waals surface area contributed by atoms with E-state index in [0.717, 1.165) is 11.1 Å². The van der Waals surface area contributed by atoms with Gasteiger partial charge in [-0.25, -0.2) is 0 Å². The third-order valence-corrected chi connectivity index (χ3v) is 3.46. The van der Waals surface area contributed by atoms with Gasteiger partial charge in [0.2, 0.25) is 0 Å². The average molecular weight is 285 g/mol. The van der Waals surface area contributed by atoms with Crippen molar-refractivity contribution in [2.75, 3.05) is 19.5 Å². The van der Waals surface area contributed by atoms with Crippen molar-refractivity contribution < 1.29 is 14.3 Å². The van der Waals surface area contributed by atoms with Crippen LogP contribution in [0.15, 0.2) is 36.4 Å². The average Bonchev–Trinajstić information content (AvgIpc) is 2.49. The first-order chi connectivity index (χ1) is 10.0. The van der Waals surface area contributed by atoms with E-state index in [-0.39, 0.29) is 5.91 Å². The standard InChI is InChI=1S/C17H19NO3/c1-11-6-5-7-16(12(11)2)17(19)18-13-8-14(20-3)10-15(9-13)21-4/h5-10H,1-4H3,(H,18,19). The normalized spacial score (nSPS) is 10.1. The van der Waals surface area contributed by atoms with Crippen LogP contribution < -0.4 is 14.8 Å². The Morgan fingerprint density at radius 2 is 1.62 bits per heavy atom. The third kappa shape index (κ3) is 3.34. The van der Waals surface area contributed by atoms with Crippen LogP contribution in [-0.4, -0.2) is 20.1 Å². The maximum absolute atomic E-state index is 12.4. The number of ether oxygens (including phenoxy) is 2. The Morgan fingerprint density at radius 1 is 1.00 bits per heavy atom. The van der Waals surface area contributed by atoms with Gasteiger partial charge in [0.25, 0.3) is 5.91 Å². The summed E-state index contributed by atoms with van der Waals surface area (Å²) >= 11 is 0. The number of methoxy groups -OCH3 is 2. The predicted octanol–water partition coefficient (Wildman–Crippen LogP) is 3.57. The molecular formula is C17H19NO3. The molecular weight excluding hydrogens is 266 g/mol. The molecule has 0 aliphatic carbocycles. The number of carbonyl (C=O) groups is 1. The lowest BCUT2D eigenvalue weighted by Crippen LogP contribution is -2.14. The molecule has 0 aliphatic heterocycles. The highest BCUT2D eigenvalue weighted by atomic mass is 16.5. The van der Waals surface area contributed by atoms with E-state index in [1.54, 1.807) is 32.4 Å². The summed E-state index contributed by atoms with van der Waals surface area (Å²) in [7, 11) is 3.15. The topological polar surface area (TPSA) is 47.6 Å². The Labute approximate surface area is 124 Å². The van der Waals surface area contributed by atoms with Crippen molar-refractivity contribution in [2.24, 2.45) is 0 Å². The van der Waals surface area contributed by atoms with Gasteiger partial charge < -0.3 is 14.8 Å². The minimum Gasteiger partial charge on any atom is -0.497 e. The van der Waals surface area contributed by atoms with Crippen LogP contribution in [0, 0.1) is 13.8 Å². The lowest BCUT2D eigenvalue weighted by molar-refractivity contribution is 0.102. The molecule has 1 amide bonds. The summed E-state index contributed by atoms with van der Waals surface area (Å²) in [5.41, 5.74) is 3.37. The highest BCUT2D eigenvalue weighted by Crippen LogP contribution is 2.26. The van der Waals surface area contributed by atoms with Crippen molar-refractivity contribution in [3.8, 4) is 11.5 Å². The van der Waals surface area contributed by atoms with Crippen LogP contribution in [0.25, 0.3) is 0 Å². The number of hydrogen-bond acceptors (Lipinski definition) is 3. The zero-order valence-electron chi connectivity index (χ0n) is 12.7. The Balaban J connectivity index is 2.29. The summed E-state index contributed by atoms with van der Waals surface area (Å²) in [4.78, 5) is 12.4. The number of rotatable bonds is 4. The molecule has 1 N–H and O–H groups in total. The van der Waals surface area contributed by atoms with Gasteiger partial charge in [0.15, 0.2) is 0 Å². The minimum absolute atomic E-state index is 0.147. The lowest BCUT2D eigenvalue weighted by atomic mass is 10.0. The van der Waals surface area contributed by atoms with E-state index in [0.29, 0.717) is 22.7 Å². The van der Waals surface area contributed by atoms with Crippen molar-refractivity contribution in [3.63, 3.8) is 0 Å². The molecule has 21 heavy (non-hydrogen) atoms. The molecule has 0 aliphatic rings. The number of carbonyl (C=O) groups excluding carboxylic acids is 1. The lowest BCUT2D eigenvalue weighted by Gasteiger charge is -2.12. The van der Waals surface area contributed by atoms with Gasteiger partial charge in [0.05, 0.1) is 14.2 Å². The molecule has 110 valence electrons. The van der Waals surface area contributed by atoms with Gasteiger partial charge in [-0.05, 0) is 31.0 Å². The number of amides is 1. The molecule has 0 fully saturated rings. The maximum Gasteiger partial charge on any atom is 0.255 e. The van der Waals surface area contributed by atoms with Crippen molar-refractivity contribution in [1.82, 2.24) is 0 Å². The molecule has 0 atom stereocenters. The van der Waals surface area contributed by atoms with Gasteiger partial charge in [-0.1, -0.05) is 12.1 Å². The quantitative estimate of drug-likeness (QED) is 0.934. The van der Waals surface area contributed by atoms with Crippen LogP contribution in [0.1, 0.15) is 21.5 Å². The number of anilines is 1. The van der Waals surface area contributed by atoms with Gasteiger partial charge in [0.1, 0.15) is 11.5 Å². The Bertz CT molecular complexity index is 643. The van der Waals surface area contributed by atoms with Crippen LogP contribution in [0.5, 0.6) is 11.5 Å². The SMILES string of the molecule is COc1cc(NC(=O)c2cccc(C)c2C)cc(OC)c1. The number of benzene rings is 2. The summed E-state index contributed by atoms with van der Waals surface area (Å²) < 4.78 is 10.4. The van der Waals surface area contributed by atoms with E-state index in [9.17, 15) is 4.79 Å². The number of nitrogens with one attached hydrogen (secondary N) is 1. The highest BCUT2D eigenvalue weighted by molar-refractivity contribution is 6.05. The summed E-state index contributed by atoms with van der Waals surface area (Å²) in [6, 6.07) is 10.9. The summed E-state index contributed by atoms with van der Waals surface area (Å²) in [5, 5.41) is 2.88. The molecule has 2 aromatic rings. The van der Waals surface area contributed by atoms with Crippen molar-refractivity contribution in [1.29, 1.82) is 0 Å². The Hall–Kier alpha value is -2.49. The molecule has 0 saturated carbocycles. The molecule has 2 rings (SSSR count). The fraction of sp³-hybridized carbons (Fsp3) is 0.235. The van der Waals surface area contributed by atoms with E-state index in [1.807, 2.05) is 32.0 Å². The molecule has 2 aromatic carbocycles. The summed E-state index contributed by atoms with van der Waals surface area (Å²) in [6.07, 6.45) is 0. The van der Waals surface area contributed by atoms with Crippen molar-refractivity contribution in [3.05, 3.63) is 53.1 Å². The summed E-state index contributed by atoms with van der Waals surface area (Å²) in [6.45, 7) is 3.93. The van der Waals surface area contributed by atoms with Crippen molar-refractivity contribution in [2.45, 2.75) is 13.8 Å². The molecule has 0 spiro atoms. The van der Waals surface area contributed by atoms with Gasteiger partial charge in [-0.15, -0.1) is 0 Å². The van der Waals surface area contributed by atoms with Crippen LogP contribution >= 0.6 is 0 Å². The van der Waals surface area contributed by atoms with E-state index >= 15 is 0 Å². The fourth-order valence-electron chi connectivity index (χ4n) is 2.08. The van der Waals surface area contributed by atoms with Crippen LogP contribution in [0.4, 0.5) is 5.69 Å². The van der Waals surface area contributed by atoms with Crippen LogP contribution in [0.2, 0.25) is 0 Å². The zero-order chi connectivity index (χ0) is 15.4. The van der Waals surface area contributed by atoms with E-state index in [4.69, 9.17) is 9.47 Å². The Morgan fingerprint density at radius 3 is 2.19 bits per heavy atom. The van der Waals surface area contributed by atoms with E-state index < -0.39 is 0 Å². The first kappa shape index (κ1) is 14.9. The largest absolute Gasteiger partial charge is 0.497 e. The molecule has 0 bridgehead atoms. The van der Waals surface area contributed by atoms with Gasteiger partial charge in [-0.3, -0.25) is 4.79 Å². The van der Waals surface area contributed by atoms with Crippen molar-refractivity contribution >= 4 is 11.6 Å². The minimum atomic E-state index is -0.147. The smallest absolute Gasteiger partial charge is 0.255 e. The molecule has 0 saturated heterocycles. The van der Waals surface area contributed by atoms with E-state index in [2.05, 4.69) is 5.32 Å². The second kappa shape index (κ2) is 6.31. The molecule has 4 heteroatoms. The molecule has 0 unspecified atom stereocenters. The first-order valence-corrected chi connectivity index (χ1v) is 6.65. The second-order valence-electron chi connectivity index (χ2n) is 4.80. The first-order valence-electron chi connectivity index (χ1n) is 6.65. The maximum atomic E-state index is 12.4. The fourth-order valence-corrected chi connectivity index (χ4v) is 2.08. The number of aryl methyl sites for hydroxylation is 1. The molecule has 0 heterocycles. The van der Waals surface area contributed by atoms with Gasteiger partial charge in [0, 0.05) is 29.4 Å². The van der Waals surface area contributed by atoms with E-state index in [1.165, 1.54) is 0 Å². The predicted molar refractivity (Wildman–Crippen MR) is 83.4 cm³/mol. The molecule has 0 aromatic heterocycles. The monoisotopic (exact) mass is 285 g/mol. The third-order valence-electron chi connectivity index (χ3n) is 3.46. The van der Waals surface area contributed by atoms with Crippen LogP contribution in [-0.2, 0) is 0 Å². The van der Waals surface area contributed by atoms with Gasteiger partial charge >= 0.3 is 0 Å². The second-order valence-corrected chi connectivity index (χ2v) is 4.80. The molecule has 0 radical (unpaired) electrons. The Kier molecular flexibility index (Phi) is 4.48. The summed E-state index contributed by atoms with van der Waals surface area (Å²) in [5.74, 6) is 1.11. The highest BCUT2D eigenvalue weighted by Gasteiger charge is 2.11. The van der Waals surface area contributed by atoms with Gasteiger partial charge in [-0.2, -0.15) is 0 Å².